The average Bonchev–Trinajstić information content (AvgIpc) is 3.34. The minimum absolute atomic E-state index is 0.0128. The monoisotopic (exact) mass is 615 g/mol. The van der Waals surface area contributed by atoms with Crippen LogP contribution in [0.15, 0.2) is 78.9 Å². The highest BCUT2D eigenvalue weighted by Crippen LogP contribution is 2.62. The second-order valence-corrected chi connectivity index (χ2v) is 13.5. The highest BCUT2D eigenvalue weighted by Gasteiger charge is 2.72. The zero-order chi connectivity index (χ0) is 31.0. The van der Waals surface area contributed by atoms with E-state index in [1.165, 1.54) is 0 Å². The van der Waals surface area contributed by atoms with Crippen LogP contribution in [0.4, 0.5) is 5.69 Å². The van der Waals surface area contributed by atoms with Crippen molar-refractivity contribution < 1.29 is 24.2 Å². The Morgan fingerprint density at radius 3 is 2.41 bits per heavy atom. The van der Waals surface area contributed by atoms with Gasteiger partial charge in [-0.25, -0.2) is 0 Å². The summed E-state index contributed by atoms with van der Waals surface area (Å²) in [6.07, 6.45) is 9.87. The molecule has 2 aromatic carbocycles. The molecule has 1 N–H and O–H groups in total. The van der Waals surface area contributed by atoms with Gasteiger partial charge in [0.25, 0.3) is 0 Å². The van der Waals surface area contributed by atoms with E-state index in [4.69, 9.17) is 4.74 Å². The van der Waals surface area contributed by atoms with Gasteiger partial charge in [-0.05, 0) is 50.1 Å². The van der Waals surface area contributed by atoms with Crippen molar-refractivity contribution in [3.63, 3.8) is 0 Å². The third kappa shape index (κ3) is 4.94. The summed E-state index contributed by atoms with van der Waals surface area (Å²) < 4.78 is 4.66. The minimum atomic E-state index is -0.950. The summed E-state index contributed by atoms with van der Waals surface area (Å²) in [6, 6.07) is 15.3. The number of carbonyl (C=O) groups excluding carboxylic acids is 3. The number of hydrogen-bond donors (Lipinski definition) is 1. The third-order valence-electron chi connectivity index (χ3n) is 9.52. The van der Waals surface area contributed by atoms with E-state index in [-0.39, 0.29) is 35.6 Å². The van der Waals surface area contributed by atoms with Crippen molar-refractivity contribution >= 4 is 35.2 Å². The van der Waals surface area contributed by atoms with E-state index < -0.39 is 28.7 Å². The van der Waals surface area contributed by atoms with Gasteiger partial charge in [0, 0.05) is 30.1 Å². The smallest absolute Gasteiger partial charge is 0.247 e. The summed E-state index contributed by atoms with van der Waals surface area (Å²) >= 11 is 1.56. The lowest BCUT2D eigenvalue weighted by Gasteiger charge is -2.40. The van der Waals surface area contributed by atoms with Gasteiger partial charge < -0.3 is 24.5 Å². The number of thioether (sulfide) groups is 1. The standard InChI is InChI=1S/C35H41N3O5S/c1-4-11-23(3)36-21-10-19-35-30(33(41)38(31(35)34(36)42)27(22-39)24-12-7-6-8-13-24)29-28(44-35)14-9-20-37(32(29)40)25-15-17-26(18-16-25)43-5-2/h6-10,12-19,23,27-31,39H,4-5,11,20-22H2,1-3H3/t23?,27-,28-,29+,30+,31?,35+/m1/s1. The third-order valence-corrected chi connectivity index (χ3v) is 11.3. The average molecular weight is 616 g/mol. The summed E-state index contributed by atoms with van der Waals surface area (Å²) in [5.41, 5.74) is 1.50. The van der Waals surface area contributed by atoms with Gasteiger partial charge in [0.1, 0.15) is 11.8 Å². The van der Waals surface area contributed by atoms with Gasteiger partial charge in [-0.2, -0.15) is 0 Å². The number of likely N-dealkylation sites (tertiary alicyclic amines) is 1. The highest BCUT2D eigenvalue weighted by atomic mass is 32.2. The molecule has 2 unspecified atom stereocenters. The van der Waals surface area contributed by atoms with Crippen molar-refractivity contribution in [2.75, 3.05) is 31.2 Å². The van der Waals surface area contributed by atoms with Gasteiger partial charge in [-0.3, -0.25) is 14.4 Å². The molecule has 7 atom stereocenters. The molecule has 1 spiro atoms. The summed E-state index contributed by atoms with van der Waals surface area (Å²) in [5.74, 6) is -1.21. The number of benzene rings is 2. The first-order chi connectivity index (χ1) is 21.4. The molecule has 3 amide bonds. The number of hydrogen-bond acceptors (Lipinski definition) is 6. The molecule has 0 aliphatic carbocycles. The van der Waals surface area contributed by atoms with Crippen molar-refractivity contribution in [2.45, 2.75) is 61.7 Å². The number of ether oxygens (including phenoxy) is 1. The molecular formula is C35H41N3O5S. The molecule has 4 heterocycles. The van der Waals surface area contributed by atoms with E-state index >= 15 is 0 Å². The molecule has 0 radical (unpaired) electrons. The largest absolute Gasteiger partial charge is 0.494 e. The van der Waals surface area contributed by atoms with Crippen molar-refractivity contribution in [2.24, 2.45) is 11.8 Å². The highest BCUT2D eigenvalue weighted by molar-refractivity contribution is 8.02. The predicted molar refractivity (Wildman–Crippen MR) is 172 cm³/mol. The molecule has 9 heteroatoms. The van der Waals surface area contributed by atoms with Gasteiger partial charge in [-0.15, -0.1) is 11.8 Å². The molecule has 4 aliphatic heterocycles. The lowest BCUT2D eigenvalue weighted by atomic mass is 9.78. The van der Waals surface area contributed by atoms with Crippen LogP contribution in [-0.4, -0.2) is 81.0 Å². The van der Waals surface area contributed by atoms with E-state index in [9.17, 15) is 19.5 Å². The molecular weight excluding hydrogens is 574 g/mol. The Balaban J connectivity index is 1.45. The first-order valence-corrected chi connectivity index (χ1v) is 16.6. The quantitative estimate of drug-likeness (QED) is 0.415. The molecule has 2 aromatic rings. The molecule has 2 saturated heterocycles. The number of amides is 3. The van der Waals surface area contributed by atoms with Crippen LogP contribution >= 0.6 is 11.8 Å². The molecule has 232 valence electrons. The maximum absolute atomic E-state index is 14.8. The molecule has 2 fully saturated rings. The van der Waals surface area contributed by atoms with E-state index in [2.05, 4.69) is 13.8 Å². The zero-order valence-corrected chi connectivity index (χ0v) is 26.4. The van der Waals surface area contributed by atoms with Gasteiger partial charge in [-0.1, -0.05) is 68.0 Å². The van der Waals surface area contributed by atoms with E-state index in [0.29, 0.717) is 19.7 Å². The maximum Gasteiger partial charge on any atom is 0.247 e. The second-order valence-electron chi connectivity index (χ2n) is 12.0. The summed E-state index contributed by atoms with van der Waals surface area (Å²) in [6.45, 7) is 7.13. The second kappa shape index (κ2) is 12.4. The number of rotatable bonds is 9. The molecule has 0 aromatic heterocycles. The van der Waals surface area contributed by atoms with Crippen molar-refractivity contribution in [1.82, 2.24) is 9.80 Å². The van der Waals surface area contributed by atoms with Gasteiger partial charge >= 0.3 is 0 Å². The molecule has 0 bridgehead atoms. The Hall–Kier alpha value is -3.56. The summed E-state index contributed by atoms with van der Waals surface area (Å²) in [7, 11) is 0. The number of aliphatic hydroxyl groups is 1. The molecule has 4 aliphatic rings. The van der Waals surface area contributed by atoms with Crippen LogP contribution in [0.2, 0.25) is 0 Å². The normalized spacial score (nSPS) is 29.2. The fourth-order valence-corrected chi connectivity index (χ4v) is 9.54. The summed E-state index contributed by atoms with van der Waals surface area (Å²) in [5, 5.41) is 10.5. The van der Waals surface area contributed by atoms with E-state index in [1.54, 1.807) is 21.6 Å². The Morgan fingerprint density at radius 2 is 1.73 bits per heavy atom. The Bertz CT molecular complexity index is 1450. The Labute approximate surface area is 263 Å². The fraction of sp³-hybridized carbons (Fsp3) is 0.457. The number of aliphatic hydroxyl groups excluding tert-OH is 1. The van der Waals surface area contributed by atoms with Crippen LogP contribution in [0.25, 0.3) is 0 Å². The molecule has 6 rings (SSSR count). The van der Waals surface area contributed by atoms with E-state index in [0.717, 1.165) is 29.8 Å². The number of anilines is 1. The topological polar surface area (TPSA) is 90.4 Å². The van der Waals surface area contributed by atoms with Gasteiger partial charge in [0.05, 0.1) is 35.8 Å². The predicted octanol–water partition coefficient (Wildman–Crippen LogP) is 4.61. The number of nitrogens with zero attached hydrogens (tertiary/aromatic N) is 3. The Morgan fingerprint density at radius 1 is 0.977 bits per heavy atom. The summed E-state index contributed by atoms with van der Waals surface area (Å²) in [4.78, 5) is 49.3. The Kier molecular flexibility index (Phi) is 8.61. The molecule has 0 saturated carbocycles. The maximum atomic E-state index is 14.8. The minimum Gasteiger partial charge on any atom is -0.494 e. The van der Waals surface area contributed by atoms with Crippen LogP contribution < -0.4 is 9.64 Å². The first-order valence-electron chi connectivity index (χ1n) is 15.7. The van der Waals surface area contributed by atoms with Gasteiger partial charge in [0.2, 0.25) is 17.7 Å². The van der Waals surface area contributed by atoms with Crippen molar-refractivity contribution in [3.8, 4) is 5.75 Å². The molecule has 8 nitrogen and oxygen atoms in total. The van der Waals surface area contributed by atoms with Crippen LogP contribution in [0.3, 0.4) is 0 Å². The first kappa shape index (κ1) is 30.5. The zero-order valence-electron chi connectivity index (χ0n) is 25.5. The van der Waals surface area contributed by atoms with Crippen LogP contribution in [0.5, 0.6) is 5.75 Å². The lowest BCUT2D eigenvalue weighted by molar-refractivity contribution is -0.146. The van der Waals surface area contributed by atoms with Crippen LogP contribution in [0.1, 0.15) is 45.2 Å². The fourth-order valence-electron chi connectivity index (χ4n) is 7.55. The SMILES string of the molecule is CCCC(C)N1CC=C[C@]23S[C@@H]4C=CCN(c5ccc(OCC)cc5)C(=O)[C@@H]4[C@H]2C(=O)N([C@H](CO)c2ccccc2)C3C1=O. The lowest BCUT2D eigenvalue weighted by Crippen LogP contribution is -2.55. The van der Waals surface area contributed by atoms with Crippen LogP contribution in [0, 0.1) is 11.8 Å². The van der Waals surface area contributed by atoms with Crippen LogP contribution in [-0.2, 0) is 14.4 Å². The van der Waals surface area contributed by atoms with E-state index in [1.807, 2.05) is 90.7 Å². The van der Waals surface area contributed by atoms with Gasteiger partial charge in [0.15, 0.2) is 0 Å². The number of fused-ring (bicyclic) bond motifs is 2. The van der Waals surface area contributed by atoms with Crippen molar-refractivity contribution in [3.05, 3.63) is 84.5 Å². The van der Waals surface area contributed by atoms with Crippen molar-refractivity contribution in [1.29, 1.82) is 0 Å². The number of carbonyl (C=O) groups is 3. The molecule has 44 heavy (non-hydrogen) atoms.